The second-order valence-corrected chi connectivity index (χ2v) is 10.7. The Morgan fingerprint density at radius 2 is 1.36 bits per heavy atom. The zero-order valence-electron chi connectivity index (χ0n) is 25.3. The van der Waals surface area contributed by atoms with Gasteiger partial charge in [0.15, 0.2) is 0 Å². The molecular formula is C36H45FO5. The quantitative estimate of drug-likeness (QED) is 0.0909. The lowest BCUT2D eigenvalue weighted by Gasteiger charge is -2.17. The van der Waals surface area contributed by atoms with Crippen LogP contribution in [0.25, 0.3) is 22.3 Å². The Morgan fingerprint density at radius 3 is 2.00 bits per heavy atom. The largest absolute Gasteiger partial charge is 0.516 e. The second-order valence-electron chi connectivity index (χ2n) is 10.7. The molecule has 0 saturated carbocycles. The van der Waals surface area contributed by atoms with Crippen LogP contribution in [0.3, 0.4) is 0 Å². The Balaban J connectivity index is 1.74. The highest BCUT2D eigenvalue weighted by atomic mass is 19.1. The van der Waals surface area contributed by atoms with Gasteiger partial charge in [0.05, 0.1) is 12.2 Å². The van der Waals surface area contributed by atoms with Gasteiger partial charge >= 0.3 is 12.1 Å². The summed E-state index contributed by atoms with van der Waals surface area (Å²) < 4.78 is 32.2. The van der Waals surface area contributed by atoms with E-state index in [1.165, 1.54) is 38.2 Å². The second kappa shape index (κ2) is 18.0. The molecule has 0 unspecified atom stereocenters. The molecule has 0 amide bonds. The zero-order chi connectivity index (χ0) is 30.2. The third kappa shape index (κ3) is 10.0. The van der Waals surface area contributed by atoms with Gasteiger partial charge in [0.25, 0.3) is 0 Å². The van der Waals surface area contributed by atoms with Crippen LogP contribution in [0.5, 0.6) is 5.75 Å². The van der Waals surface area contributed by atoms with E-state index in [1.54, 1.807) is 18.2 Å². The number of benzene rings is 3. The highest BCUT2D eigenvalue weighted by Crippen LogP contribution is 2.36. The number of hydrogen-bond acceptors (Lipinski definition) is 5. The van der Waals surface area contributed by atoms with E-state index < -0.39 is 17.9 Å². The third-order valence-corrected chi connectivity index (χ3v) is 7.27. The molecule has 0 aromatic heterocycles. The lowest BCUT2D eigenvalue weighted by atomic mass is 9.92. The number of carbonyl (C=O) groups excluding carboxylic acids is 2. The summed E-state index contributed by atoms with van der Waals surface area (Å²) >= 11 is 0. The third-order valence-electron chi connectivity index (χ3n) is 7.27. The molecule has 0 heterocycles. The number of rotatable bonds is 17. The first kappa shape index (κ1) is 32.8. The molecule has 226 valence electrons. The Kier molecular flexibility index (Phi) is 14.1. The van der Waals surface area contributed by atoms with Gasteiger partial charge in [-0.2, -0.15) is 0 Å². The normalized spacial score (nSPS) is 11.0. The van der Waals surface area contributed by atoms with Crippen LogP contribution in [-0.4, -0.2) is 24.8 Å². The van der Waals surface area contributed by atoms with Gasteiger partial charge in [-0.25, -0.2) is 14.0 Å². The van der Waals surface area contributed by atoms with Crippen molar-refractivity contribution in [3.63, 3.8) is 0 Å². The van der Waals surface area contributed by atoms with E-state index in [0.29, 0.717) is 30.6 Å². The number of unbranched alkanes of at least 4 members (excludes halogenated alkanes) is 6. The molecule has 0 aliphatic rings. The van der Waals surface area contributed by atoms with Gasteiger partial charge in [-0.3, -0.25) is 0 Å². The molecule has 3 aromatic carbocycles. The van der Waals surface area contributed by atoms with E-state index >= 15 is 4.39 Å². The van der Waals surface area contributed by atoms with Crippen molar-refractivity contribution in [1.29, 1.82) is 0 Å². The first-order chi connectivity index (χ1) is 20.5. The number of carbonyl (C=O) groups is 2. The first-order valence-corrected chi connectivity index (χ1v) is 15.5. The van der Waals surface area contributed by atoms with Crippen molar-refractivity contribution < 1.29 is 28.2 Å². The van der Waals surface area contributed by atoms with Crippen LogP contribution in [0.2, 0.25) is 0 Å². The molecule has 0 bridgehead atoms. The van der Waals surface area contributed by atoms with Gasteiger partial charge in [-0.15, -0.1) is 0 Å². The molecule has 6 heteroatoms. The summed E-state index contributed by atoms with van der Waals surface area (Å²) in [7, 11) is 0. The van der Waals surface area contributed by atoms with Crippen LogP contribution in [0.15, 0.2) is 66.7 Å². The molecule has 0 N–H and O–H groups in total. The van der Waals surface area contributed by atoms with Crippen molar-refractivity contribution in [3.05, 3.63) is 78.1 Å². The fraction of sp³-hybridized carbons (Fsp3) is 0.444. The maximum atomic E-state index is 16.0. The zero-order valence-corrected chi connectivity index (χ0v) is 25.3. The van der Waals surface area contributed by atoms with Gasteiger partial charge in [-0.05, 0) is 54.2 Å². The maximum absolute atomic E-state index is 16.0. The minimum Gasteiger partial charge on any atom is -0.494 e. The smallest absolute Gasteiger partial charge is 0.494 e. The van der Waals surface area contributed by atoms with E-state index in [0.717, 1.165) is 37.0 Å². The molecule has 42 heavy (non-hydrogen) atoms. The molecule has 0 fully saturated rings. The van der Waals surface area contributed by atoms with Crippen LogP contribution in [0, 0.1) is 5.82 Å². The Labute approximate surface area is 250 Å². The fourth-order valence-corrected chi connectivity index (χ4v) is 5.04. The van der Waals surface area contributed by atoms with Crippen LogP contribution in [0.4, 0.5) is 9.18 Å². The maximum Gasteiger partial charge on any atom is 0.516 e. The molecule has 0 spiro atoms. The van der Waals surface area contributed by atoms with Crippen molar-refractivity contribution in [3.8, 4) is 28.0 Å². The predicted octanol–water partition coefficient (Wildman–Crippen LogP) is 10.6. The molecule has 0 aliphatic carbocycles. The molecule has 0 radical (unpaired) electrons. The number of ether oxygens (including phenoxy) is 3. The van der Waals surface area contributed by atoms with E-state index in [2.05, 4.69) is 6.92 Å². The Morgan fingerprint density at radius 1 is 0.714 bits per heavy atom. The average molecular weight is 577 g/mol. The van der Waals surface area contributed by atoms with E-state index in [-0.39, 0.29) is 17.2 Å². The summed E-state index contributed by atoms with van der Waals surface area (Å²) in [6.07, 6.45) is 10.1. The van der Waals surface area contributed by atoms with E-state index in [1.807, 2.05) is 56.3 Å². The molecule has 3 rings (SSSR count). The summed E-state index contributed by atoms with van der Waals surface area (Å²) in [5.74, 6) is -1.08. The highest BCUT2D eigenvalue weighted by Gasteiger charge is 2.25. The van der Waals surface area contributed by atoms with Crippen LogP contribution in [0.1, 0.15) is 102 Å². The summed E-state index contributed by atoms with van der Waals surface area (Å²) in [5.41, 5.74) is 1.92. The van der Waals surface area contributed by atoms with Gasteiger partial charge in [0.2, 0.25) is 0 Å². The number of halogens is 1. The van der Waals surface area contributed by atoms with Gasteiger partial charge in [0, 0.05) is 5.56 Å². The summed E-state index contributed by atoms with van der Waals surface area (Å²) in [6.45, 7) is 6.86. The van der Waals surface area contributed by atoms with Crippen LogP contribution >= 0.6 is 0 Å². The molecular weight excluding hydrogens is 531 g/mol. The molecule has 0 aliphatic heterocycles. The van der Waals surface area contributed by atoms with E-state index in [9.17, 15) is 9.59 Å². The number of esters is 1. The molecule has 0 atom stereocenters. The Bertz CT molecular complexity index is 1230. The fourth-order valence-electron chi connectivity index (χ4n) is 5.04. The van der Waals surface area contributed by atoms with Crippen LogP contribution in [-0.2, 0) is 9.47 Å². The van der Waals surface area contributed by atoms with Gasteiger partial charge in [0.1, 0.15) is 17.7 Å². The van der Waals surface area contributed by atoms with Gasteiger partial charge in [-0.1, -0.05) is 121 Å². The van der Waals surface area contributed by atoms with Crippen LogP contribution < -0.4 is 4.74 Å². The molecule has 3 aromatic rings. The Hall–Kier alpha value is -3.67. The lowest BCUT2D eigenvalue weighted by Crippen LogP contribution is -2.22. The minimum absolute atomic E-state index is 0.255. The molecule has 5 nitrogen and oxygen atoms in total. The SMILES string of the molecule is CCCCCCCCCOc1ccc(-c2ccc(C(=O)OC(=O)OC(CCC)CCC)c(F)c2-c2ccccc2)cc1. The van der Waals surface area contributed by atoms with Crippen molar-refractivity contribution in [1.82, 2.24) is 0 Å². The highest BCUT2D eigenvalue weighted by molar-refractivity contribution is 5.98. The number of hydrogen-bond donors (Lipinski definition) is 0. The van der Waals surface area contributed by atoms with Crippen molar-refractivity contribution in [2.75, 3.05) is 6.61 Å². The topological polar surface area (TPSA) is 61.8 Å². The van der Waals surface area contributed by atoms with Crippen molar-refractivity contribution in [2.45, 2.75) is 97.5 Å². The minimum atomic E-state index is -1.11. The van der Waals surface area contributed by atoms with E-state index in [4.69, 9.17) is 14.2 Å². The van der Waals surface area contributed by atoms with Crippen molar-refractivity contribution >= 4 is 12.1 Å². The summed E-state index contributed by atoms with van der Waals surface area (Å²) in [5, 5.41) is 0. The standard InChI is InChI=1S/C36H45FO5/c1-4-7-8-9-10-11-15-26-40-29-22-20-27(21-23-29)31-24-25-32(34(37)33(31)28-18-13-12-14-19-28)35(38)42-36(39)41-30(16-5-2)17-6-3/h12-14,18-25,30H,4-11,15-17,26H2,1-3H3. The van der Waals surface area contributed by atoms with Crippen molar-refractivity contribution in [2.24, 2.45) is 0 Å². The lowest BCUT2D eigenvalue weighted by molar-refractivity contribution is 0.0172. The summed E-state index contributed by atoms with van der Waals surface area (Å²) in [6, 6.07) is 19.6. The average Bonchev–Trinajstić information content (AvgIpc) is 2.99. The first-order valence-electron chi connectivity index (χ1n) is 15.5. The summed E-state index contributed by atoms with van der Waals surface area (Å²) in [4.78, 5) is 25.2. The molecule has 0 saturated heterocycles. The monoisotopic (exact) mass is 576 g/mol. The van der Waals surface area contributed by atoms with Gasteiger partial charge < -0.3 is 14.2 Å². The predicted molar refractivity (Wildman–Crippen MR) is 166 cm³/mol.